The minimum absolute atomic E-state index is 0.0742. The summed E-state index contributed by atoms with van der Waals surface area (Å²) in [7, 11) is 0. The smallest absolute Gasteiger partial charge is 0.409 e. The van der Waals surface area contributed by atoms with Gasteiger partial charge in [-0.25, -0.2) is 9.48 Å². The lowest BCUT2D eigenvalue weighted by atomic mass is 9.91. The second kappa shape index (κ2) is 15.2. The molecule has 1 atom stereocenters. The molecule has 1 aromatic carbocycles. The molecular formula is C30H41N5O8. The van der Waals surface area contributed by atoms with Crippen molar-refractivity contribution in [1.82, 2.24) is 24.9 Å². The molecule has 3 rings (SSSR count). The molecule has 234 valence electrons. The van der Waals surface area contributed by atoms with Crippen molar-refractivity contribution in [3.63, 3.8) is 0 Å². The van der Waals surface area contributed by atoms with Gasteiger partial charge in [0.25, 0.3) is 5.91 Å². The Morgan fingerprint density at radius 1 is 1.02 bits per heavy atom. The standard InChI is InChI=1S/C30H41N5O8/c1-5-6-18-42-29(41)34-16-14-33(15-17-34)28(40)22(12-13-26(37)38)31-27(39)23-19-25(43-20-24(36)30(2,3)4)35(32-23)21-10-8-7-9-11-21/h7-11,19,22H,5-6,12-18,20H2,1-4H3,(H,31,39)(H,37,38). The number of nitrogens with zero attached hydrogens (tertiary/aromatic N) is 4. The van der Waals surface area contributed by atoms with Crippen molar-refractivity contribution in [3.8, 4) is 11.6 Å². The monoisotopic (exact) mass is 599 g/mol. The molecule has 13 heteroatoms. The number of unbranched alkanes of at least 4 members (excludes halogenated alkanes) is 1. The van der Waals surface area contributed by atoms with E-state index in [2.05, 4.69) is 10.4 Å². The van der Waals surface area contributed by atoms with Gasteiger partial charge in [0.2, 0.25) is 11.8 Å². The molecule has 3 amide bonds. The fourth-order valence-electron chi connectivity index (χ4n) is 4.17. The highest BCUT2D eigenvalue weighted by molar-refractivity contribution is 5.96. The van der Waals surface area contributed by atoms with Crippen LogP contribution >= 0.6 is 0 Å². The van der Waals surface area contributed by atoms with E-state index >= 15 is 0 Å². The first kappa shape index (κ1) is 33.1. The largest absolute Gasteiger partial charge is 0.481 e. The van der Waals surface area contributed by atoms with Gasteiger partial charge in [0.05, 0.1) is 12.3 Å². The lowest BCUT2D eigenvalue weighted by Gasteiger charge is -2.36. The van der Waals surface area contributed by atoms with E-state index in [4.69, 9.17) is 9.47 Å². The van der Waals surface area contributed by atoms with Crippen molar-refractivity contribution in [2.24, 2.45) is 5.41 Å². The van der Waals surface area contributed by atoms with Crippen LogP contribution in [0.1, 0.15) is 63.9 Å². The second-order valence-electron chi connectivity index (χ2n) is 11.3. The minimum Gasteiger partial charge on any atom is -0.481 e. The van der Waals surface area contributed by atoms with Gasteiger partial charge >= 0.3 is 12.1 Å². The SMILES string of the molecule is CCCCOC(=O)N1CCN(C(=O)C(CCC(=O)O)NC(=O)c2cc(OCC(=O)C(C)(C)C)n(-c3ccccc3)n2)CC1. The zero-order chi connectivity index (χ0) is 31.6. The summed E-state index contributed by atoms with van der Waals surface area (Å²) in [5, 5.41) is 16.3. The molecule has 1 aliphatic rings. The van der Waals surface area contributed by atoms with Gasteiger partial charge in [0.1, 0.15) is 12.6 Å². The molecule has 1 aliphatic heterocycles. The highest BCUT2D eigenvalue weighted by Gasteiger charge is 2.32. The number of aliphatic carboxylic acids is 1. The Balaban J connectivity index is 1.74. The van der Waals surface area contributed by atoms with Crippen LogP contribution in [0.4, 0.5) is 4.79 Å². The average Bonchev–Trinajstić information content (AvgIpc) is 3.42. The first-order valence-corrected chi connectivity index (χ1v) is 14.5. The molecule has 1 fully saturated rings. The molecule has 0 aliphatic carbocycles. The molecule has 1 aromatic heterocycles. The number of hydrogen-bond donors (Lipinski definition) is 2. The fraction of sp³-hybridized carbons (Fsp3) is 0.533. The number of amides is 3. The number of Topliss-reactive ketones (excluding diaryl/α,β-unsaturated/α-hetero) is 1. The quantitative estimate of drug-likeness (QED) is 0.330. The van der Waals surface area contributed by atoms with Crippen LogP contribution in [0.5, 0.6) is 5.88 Å². The third-order valence-electron chi connectivity index (χ3n) is 6.92. The Hall–Kier alpha value is -4.42. The second-order valence-corrected chi connectivity index (χ2v) is 11.3. The summed E-state index contributed by atoms with van der Waals surface area (Å²) in [6.45, 7) is 8.36. The Morgan fingerprint density at radius 2 is 1.67 bits per heavy atom. The summed E-state index contributed by atoms with van der Waals surface area (Å²) in [6.07, 6.45) is 0.745. The van der Waals surface area contributed by atoms with Crippen molar-refractivity contribution in [2.75, 3.05) is 39.4 Å². The van der Waals surface area contributed by atoms with Crippen LogP contribution in [0.2, 0.25) is 0 Å². The van der Waals surface area contributed by atoms with Crippen LogP contribution in [0.15, 0.2) is 36.4 Å². The summed E-state index contributed by atoms with van der Waals surface area (Å²) < 4.78 is 12.4. The maximum absolute atomic E-state index is 13.4. The number of benzene rings is 1. The lowest BCUT2D eigenvalue weighted by Crippen LogP contribution is -2.56. The number of rotatable bonds is 13. The van der Waals surface area contributed by atoms with E-state index in [1.165, 1.54) is 20.5 Å². The van der Waals surface area contributed by atoms with Crippen molar-refractivity contribution >= 4 is 29.7 Å². The van der Waals surface area contributed by atoms with Crippen molar-refractivity contribution in [3.05, 3.63) is 42.1 Å². The van der Waals surface area contributed by atoms with E-state index in [9.17, 15) is 29.1 Å². The molecule has 1 unspecified atom stereocenters. The molecule has 1 saturated heterocycles. The molecule has 2 N–H and O–H groups in total. The number of piperazine rings is 1. The Morgan fingerprint density at radius 3 is 2.28 bits per heavy atom. The number of ether oxygens (including phenoxy) is 2. The number of para-hydroxylation sites is 1. The van der Waals surface area contributed by atoms with Gasteiger partial charge in [-0.3, -0.25) is 19.2 Å². The summed E-state index contributed by atoms with van der Waals surface area (Å²) in [5.74, 6) is -2.26. The van der Waals surface area contributed by atoms with Crippen molar-refractivity contribution < 1.29 is 38.6 Å². The van der Waals surface area contributed by atoms with Gasteiger partial charge in [0, 0.05) is 44.1 Å². The first-order valence-electron chi connectivity index (χ1n) is 14.5. The van der Waals surface area contributed by atoms with Gasteiger partial charge in [-0.2, -0.15) is 5.10 Å². The molecule has 2 aromatic rings. The van der Waals surface area contributed by atoms with Gasteiger partial charge < -0.3 is 29.7 Å². The summed E-state index contributed by atoms with van der Waals surface area (Å²) in [4.78, 5) is 65.9. The topological polar surface area (TPSA) is 160 Å². The van der Waals surface area contributed by atoms with E-state index < -0.39 is 35.3 Å². The number of carbonyl (C=O) groups is 5. The number of carbonyl (C=O) groups excluding carboxylic acids is 4. The highest BCUT2D eigenvalue weighted by Crippen LogP contribution is 2.22. The van der Waals surface area contributed by atoms with Crippen LogP contribution in [0.3, 0.4) is 0 Å². The minimum atomic E-state index is -1.14. The average molecular weight is 600 g/mol. The van der Waals surface area contributed by atoms with E-state index in [0.29, 0.717) is 12.3 Å². The number of nitrogens with one attached hydrogen (secondary N) is 1. The number of carboxylic acids is 1. The zero-order valence-corrected chi connectivity index (χ0v) is 25.2. The first-order chi connectivity index (χ1) is 20.4. The van der Waals surface area contributed by atoms with Gasteiger partial charge in [-0.1, -0.05) is 52.3 Å². The van der Waals surface area contributed by atoms with Crippen LogP contribution in [-0.4, -0.2) is 99.8 Å². The predicted octanol–water partition coefficient (Wildman–Crippen LogP) is 2.91. The molecule has 43 heavy (non-hydrogen) atoms. The van der Waals surface area contributed by atoms with E-state index in [1.807, 2.05) is 13.0 Å². The normalized spacial score (nSPS) is 14.1. The molecule has 2 heterocycles. The summed E-state index contributed by atoms with van der Waals surface area (Å²) >= 11 is 0. The molecule has 0 bridgehead atoms. The molecule has 13 nitrogen and oxygen atoms in total. The van der Waals surface area contributed by atoms with Crippen molar-refractivity contribution in [2.45, 2.75) is 59.4 Å². The maximum Gasteiger partial charge on any atom is 0.409 e. The lowest BCUT2D eigenvalue weighted by molar-refractivity contribution is -0.138. The van der Waals surface area contributed by atoms with Gasteiger partial charge in [0.15, 0.2) is 11.5 Å². The van der Waals surface area contributed by atoms with Crippen LogP contribution < -0.4 is 10.1 Å². The third-order valence-corrected chi connectivity index (χ3v) is 6.92. The van der Waals surface area contributed by atoms with E-state index in [1.54, 1.807) is 45.0 Å². The molecular weight excluding hydrogens is 558 g/mol. The zero-order valence-electron chi connectivity index (χ0n) is 25.2. The third kappa shape index (κ3) is 9.55. The number of hydrogen-bond acceptors (Lipinski definition) is 8. The van der Waals surface area contributed by atoms with Crippen molar-refractivity contribution in [1.29, 1.82) is 0 Å². The number of ketones is 1. The maximum atomic E-state index is 13.4. The summed E-state index contributed by atoms with van der Waals surface area (Å²) in [6, 6.07) is 9.13. The van der Waals surface area contributed by atoms with E-state index in [0.717, 1.165) is 12.8 Å². The predicted molar refractivity (Wildman–Crippen MR) is 156 cm³/mol. The molecule has 0 spiro atoms. The van der Waals surface area contributed by atoms with Crippen LogP contribution in [0.25, 0.3) is 5.69 Å². The fourth-order valence-corrected chi connectivity index (χ4v) is 4.17. The summed E-state index contributed by atoms with van der Waals surface area (Å²) in [5.41, 5.74) is -0.115. The highest BCUT2D eigenvalue weighted by atomic mass is 16.6. The van der Waals surface area contributed by atoms with Crippen LogP contribution in [-0.2, 0) is 19.1 Å². The van der Waals surface area contributed by atoms with Gasteiger partial charge in [-0.15, -0.1) is 0 Å². The Bertz CT molecular complexity index is 1280. The molecule has 0 saturated carbocycles. The van der Waals surface area contributed by atoms with Gasteiger partial charge in [-0.05, 0) is 25.0 Å². The number of aromatic nitrogens is 2. The molecule has 0 radical (unpaired) electrons. The van der Waals surface area contributed by atoms with E-state index in [-0.39, 0.29) is 63.0 Å². The number of carboxylic acid groups (broad SMARTS) is 1. The Kier molecular flexibility index (Phi) is 11.7. The Labute approximate surface area is 251 Å². The van der Waals surface area contributed by atoms with Crippen LogP contribution in [0, 0.1) is 5.41 Å².